The Labute approximate surface area is 207 Å². The van der Waals surface area contributed by atoms with E-state index < -0.39 is 0 Å². The zero-order valence-corrected chi connectivity index (χ0v) is 22.7. The third-order valence-corrected chi connectivity index (χ3v) is 8.27. The van der Waals surface area contributed by atoms with Crippen LogP contribution in [0.2, 0.25) is 0 Å². The molecule has 2 atom stereocenters. The van der Waals surface area contributed by atoms with Crippen LogP contribution in [0.1, 0.15) is 82.6 Å². The fraction of sp³-hybridized carbons (Fsp3) is 0.419. The highest BCUT2D eigenvalue weighted by Crippen LogP contribution is 2.50. The summed E-state index contributed by atoms with van der Waals surface area (Å²) in [5, 5.41) is 0.587. The Bertz CT molecular complexity index is 1070. The molecule has 0 bridgehead atoms. The number of rotatable bonds is 10. The molecule has 0 saturated carbocycles. The van der Waals surface area contributed by atoms with Crippen molar-refractivity contribution in [3.63, 3.8) is 0 Å². The standard InChI is InChI=1S/C31H40FOP/c1-7-8-14-19-31(6,34-28-18-13-12-17-27(28)32)26-21-25(30(3,4)5)20-23(2)29(26)33-22-24-15-10-9-11-16-24/h9-13,15-18,20-21,34H,7-8,14,19,22H2,1-6H3. The van der Waals surface area contributed by atoms with Crippen LogP contribution >= 0.6 is 8.58 Å². The van der Waals surface area contributed by atoms with E-state index in [2.05, 4.69) is 65.8 Å². The maximum atomic E-state index is 14.8. The summed E-state index contributed by atoms with van der Waals surface area (Å²) in [7, 11) is 0.325. The van der Waals surface area contributed by atoms with Crippen LogP contribution in [0.3, 0.4) is 0 Å². The second-order valence-corrected chi connectivity index (χ2v) is 12.5. The first-order chi connectivity index (χ1) is 16.1. The van der Waals surface area contributed by atoms with Crippen molar-refractivity contribution in [3.05, 3.63) is 94.8 Å². The highest BCUT2D eigenvalue weighted by molar-refractivity contribution is 7.48. The van der Waals surface area contributed by atoms with Crippen LogP contribution in [0.15, 0.2) is 66.7 Å². The van der Waals surface area contributed by atoms with Gasteiger partial charge in [-0.25, -0.2) is 4.39 Å². The van der Waals surface area contributed by atoms with Gasteiger partial charge in [-0.05, 0) is 41.5 Å². The number of aryl methyl sites for hydroxylation is 1. The molecule has 3 aromatic rings. The molecule has 0 spiro atoms. The quantitative estimate of drug-likeness (QED) is 0.209. The van der Waals surface area contributed by atoms with E-state index in [4.69, 9.17) is 4.74 Å². The molecule has 3 heteroatoms. The molecule has 0 aliphatic heterocycles. The van der Waals surface area contributed by atoms with Gasteiger partial charge >= 0.3 is 0 Å². The minimum absolute atomic E-state index is 0.0168. The minimum atomic E-state index is -0.213. The second-order valence-electron chi connectivity index (χ2n) is 10.6. The second kappa shape index (κ2) is 11.5. The summed E-state index contributed by atoms with van der Waals surface area (Å²) in [5.74, 6) is 0.845. The van der Waals surface area contributed by atoms with Crippen LogP contribution in [0.5, 0.6) is 5.75 Å². The van der Waals surface area contributed by atoms with Gasteiger partial charge in [0.05, 0.1) is 0 Å². The van der Waals surface area contributed by atoms with Gasteiger partial charge in [0, 0.05) is 16.0 Å². The van der Waals surface area contributed by atoms with Crippen molar-refractivity contribution in [2.24, 2.45) is 0 Å². The molecule has 0 aliphatic rings. The first-order valence-electron chi connectivity index (χ1n) is 12.5. The lowest BCUT2D eigenvalue weighted by atomic mass is 9.82. The third-order valence-electron chi connectivity index (χ3n) is 6.53. The molecule has 0 amide bonds. The molecular weight excluding hydrogens is 438 g/mol. The zero-order chi connectivity index (χ0) is 24.8. The van der Waals surface area contributed by atoms with Crippen LogP contribution in [0.4, 0.5) is 4.39 Å². The molecule has 0 saturated heterocycles. The maximum Gasteiger partial charge on any atom is 0.130 e. The molecule has 0 N–H and O–H groups in total. The summed E-state index contributed by atoms with van der Waals surface area (Å²) >= 11 is 0. The van der Waals surface area contributed by atoms with Crippen molar-refractivity contribution in [2.45, 2.75) is 84.4 Å². The SMILES string of the molecule is CCCCCC(C)(Pc1ccccc1F)c1cc(C(C)(C)C)cc(C)c1OCc1ccccc1. The smallest absolute Gasteiger partial charge is 0.130 e. The maximum absolute atomic E-state index is 14.8. The monoisotopic (exact) mass is 478 g/mol. The number of ether oxygens (including phenoxy) is 1. The van der Waals surface area contributed by atoms with Crippen LogP contribution < -0.4 is 10.0 Å². The molecule has 0 heterocycles. The molecule has 1 nitrogen and oxygen atoms in total. The van der Waals surface area contributed by atoms with Gasteiger partial charge < -0.3 is 4.74 Å². The predicted octanol–water partition coefficient (Wildman–Crippen LogP) is 8.81. The van der Waals surface area contributed by atoms with Gasteiger partial charge in [-0.2, -0.15) is 0 Å². The van der Waals surface area contributed by atoms with E-state index in [1.165, 1.54) is 17.5 Å². The van der Waals surface area contributed by atoms with E-state index in [0.29, 0.717) is 15.2 Å². The molecule has 2 unspecified atom stereocenters. The predicted molar refractivity (Wildman–Crippen MR) is 146 cm³/mol. The van der Waals surface area contributed by atoms with Gasteiger partial charge in [-0.15, -0.1) is 0 Å². The average molecular weight is 479 g/mol. The Kier molecular flexibility index (Phi) is 8.94. The molecule has 0 fully saturated rings. The van der Waals surface area contributed by atoms with Gasteiger partial charge in [0.1, 0.15) is 18.2 Å². The van der Waals surface area contributed by atoms with Crippen molar-refractivity contribution >= 4 is 13.9 Å². The summed E-state index contributed by atoms with van der Waals surface area (Å²) in [6.45, 7) is 14.0. The fourth-order valence-electron chi connectivity index (χ4n) is 4.39. The van der Waals surface area contributed by atoms with Crippen molar-refractivity contribution in [2.75, 3.05) is 0 Å². The van der Waals surface area contributed by atoms with Gasteiger partial charge in [0.2, 0.25) is 0 Å². The van der Waals surface area contributed by atoms with Crippen LogP contribution in [-0.2, 0) is 17.2 Å². The zero-order valence-electron chi connectivity index (χ0n) is 21.7. The normalized spacial score (nSPS) is 13.9. The van der Waals surface area contributed by atoms with Crippen molar-refractivity contribution in [3.8, 4) is 5.75 Å². The highest BCUT2D eigenvalue weighted by atomic mass is 31.1. The molecular formula is C31H40FOP. The molecule has 3 aromatic carbocycles. The number of unbranched alkanes of at least 4 members (excludes halogenated alkanes) is 2. The van der Waals surface area contributed by atoms with Crippen molar-refractivity contribution in [1.82, 2.24) is 0 Å². The Morgan fingerprint density at radius 2 is 1.56 bits per heavy atom. The highest BCUT2D eigenvalue weighted by Gasteiger charge is 2.33. The molecule has 182 valence electrons. The fourth-order valence-corrected chi connectivity index (χ4v) is 5.99. The van der Waals surface area contributed by atoms with Crippen molar-refractivity contribution < 1.29 is 9.13 Å². The lowest BCUT2D eigenvalue weighted by molar-refractivity contribution is 0.296. The Morgan fingerprint density at radius 3 is 2.21 bits per heavy atom. The summed E-state index contributed by atoms with van der Waals surface area (Å²) in [4.78, 5) is 0. The number of halogens is 1. The van der Waals surface area contributed by atoms with Crippen LogP contribution in [0.25, 0.3) is 0 Å². The Morgan fingerprint density at radius 1 is 0.882 bits per heavy atom. The molecule has 0 radical (unpaired) electrons. The summed E-state index contributed by atoms with van der Waals surface area (Å²) in [6, 6.07) is 22.2. The van der Waals surface area contributed by atoms with Gasteiger partial charge in [0.15, 0.2) is 0 Å². The first-order valence-corrected chi connectivity index (χ1v) is 13.5. The summed E-state index contributed by atoms with van der Waals surface area (Å²) in [6.07, 6.45) is 4.46. The van der Waals surface area contributed by atoms with E-state index in [-0.39, 0.29) is 16.4 Å². The topological polar surface area (TPSA) is 9.23 Å². The molecule has 34 heavy (non-hydrogen) atoms. The molecule has 0 aromatic heterocycles. The van der Waals surface area contributed by atoms with Gasteiger partial charge in [-0.3, -0.25) is 0 Å². The van der Waals surface area contributed by atoms with E-state index in [1.807, 2.05) is 30.3 Å². The van der Waals surface area contributed by atoms with Crippen LogP contribution in [-0.4, -0.2) is 0 Å². The molecule has 0 aliphatic carbocycles. The van der Waals surface area contributed by atoms with Crippen molar-refractivity contribution in [1.29, 1.82) is 0 Å². The lowest BCUT2D eigenvalue weighted by Crippen LogP contribution is -2.24. The molecule has 3 rings (SSSR count). The number of hydrogen-bond donors (Lipinski definition) is 0. The Hall–Kier alpha value is -2.18. The van der Waals surface area contributed by atoms with Gasteiger partial charge in [0.25, 0.3) is 0 Å². The lowest BCUT2D eigenvalue weighted by Gasteiger charge is -2.35. The third kappa shape index (κ3) is 6.70. The van der Waals surface area contributed by atoms with Gasteiger partial charge in [-0.1, -0.05) is 123 Å². The average Bonchev–Trinajstić information content (AvgIpc) is 2.79. The Balaban J connectivity index is 2.11. The van der Waals surface area contributed by atoms with E-state index in [9.17, 15) is 4.39 Å². The largest absolute Gasteiger partial charge is 0.488 e. The summed E-state index contributed by atoms with van der Waals surface area (Å²) < 4.78 is 21.4. The number of hydrogen-bond acceptors (Lipinski definition) is 1. The van der Waals surface area contributed by atoms with E-state index in [1.54, 1.807) is 12.1 Å². The first kappa shape index (κ1) is 26.4. The number of benzene rings is 3. The minimum Gasteiger partial charge on any atom is -0.488 e. The summed E-state index contributed by atoms with van der Waals surface area (Å²) in [5.41, 5.74) is 4.83. The van der Waals surface area contributed by atoms with E-state index in [0.717, 1.165) is 41.4 Å². The van der Waals surface area contributed by atoms with E-state index >= 15 is 0 Å². The van der Waals surface area contributed by atoms with Crippen LogP contribution in [0, 0.1) is 12.7 Å².